The molecular formula is C10H9ClIN3O2. The number of aromatic nitrogens is 1. The van der Waals surface area contributed by atoms with Crippen LogP contribution in [0, 0.1) is 9.49 Å². The Balaban J connectivity index is 2.29. The Morgan fingerprint density at radius 2 is 2.35 bits per heavy atom. The molecular weight excluding hydrogens is 356 g/mol. The van der Waals surface area contributed by atoms with Crippen LogP contribution in [0.2, 0.25) is 5.02 Å². The van der Waals surface area contributed by atoms with Crippen molar-refractivity contribution < 1.29 is 9.59 Å². The number of amides is 2. The Bertz CT molecular complexity index is 494. The van der Waals surface area contributed by atoms with E-state index in [0.29, 0.717) is 17.4 Å². The van der Waals surface area contributed by atoms with E-state index in [9.17, 15) is 9.59 Å². The summed E-state index contributed by atoms with van der Waals surface area (Å²) >= 11 is 7.85. The molecule has 17 heavy (non-hydrogen) atoms. The number of anilines is 1. The molecule has 1 fully saturated rings. The van der Waals surface area contributed by atoms with Crippen LogP contribution in [-0.2, 0) is 9.59 Å². The van der Waals surface area contributed by atoms with Crippen LogP contribution in [0.3, 0.4) is 0 Å². The second kappa shape index (κ2) is 4.77. The average Bonchev–Trinajstić information content (AvgIpc) is 2.61. The number of primary amides is 1. The third-order valence-corrected chi connectivity index (χ3v) is 3.57. The SMILES string of the molecule is NC(=O)C1CC(=O)N(c2ncc(Cl)cc2I)C1. The lowest BCUT2D eigenvalue weighted by Crippen LogP contribution is -2.29. The number of rotatable bonds is 2. The first-order valence-corrected chi connectivity index (χ1v) is 6.35. The molecule has 2 amide bonds. The number of nitrogens with two attached hydrogens (primary N) is 1. The first kappa shape index (κ1) is 12.6. The van der Waals surface area contributed by atoms with E-state index >= 15 is 0 Å². The highest BCUT2D eigenvalue weighted by molar-refractivity contribution is 14.1. The van der Waals surface area contributed by atoms with Crippen molar-refractivity contribution in [3.63, 3.8) is 0 Å². The van der Waals surface area contributed by atoms with E-state index in [2.05, 4.69) is 27.6 Å². The molecule has 1 saturated heterocycles. The molecule has 1 aromatic rings. The molecule has 1 unspecified atom stereocenters. The first-order chi connectivity index (χ1) is 7.99. The average molecular weight is 366 g/mol. The minimum atomic E-state index is -0.454. The molecule has 0 radical (unpaired) electrons. The molecule has 0 bridgehead atoms. The van der Waals surface area contributed by atoms with Gasteiger partial charge < -0.3 is 5.73 Å². The zero-order valence-corrected chi connectivity index (χ0v) is 11.6. The van der Waals surface area contributed by atoms with Crippen molar-refractivity contribution in [3.8, 4) is 0 Å². The van der Waals surface area contributed by atoms with E-state index in [4.69, 9.17) is 17.3 Å². The van der Waals surface area contributed by atoms with Gasteiger partial charge in [0.25, 0.3) is 0 Å². The summed E-state index contributed by atoms with van der Waals surface area (Å²) in [6.45, 7) is 0.290. The molecule has 90 valence electrons. The van der Waals surface area contributed by atoms with Crippen LogP contribution in [0.1, 0.15) is 6.42 Å². The van der Waals surface area contributed by atoms with Crippen molar-refractivity contribution in [2.24, 2.45) is 11.7 Å². The summed E-state index contributed by atoms with van der Waals surface area (Å²) in [6.07, 6.45) is 1.62. The number of hydrogen-bond donors (Lipinski definition) is 1. The van der Waals surface area contributed by atoms with Crippen LogP contribution in [0.15, 0.2) is 12.3 Å². The quantitative estimate of drug-likeness (QED) is 0.800. The molecule has 0 spiro atoms. The minimum Gasteiger partial charge on any atom is -0.369 e. The van der Waals surface area contributed by atoms with E-state index < -0.39 is 11.8 Å². The topological polar surface area (TPSA) is 76.3 Å². The van der Waals surface area contributed by atoms with Crippen molar-refractivity contribution in [2.45, 2.75) is 6.42 Å². The van der Waals surface area contributed by atoms with Crippen LogP contribution >= 0.6 is 34.2 Å². The van der Waals surface area contributed by atoms with Crippen LogP contribution in [0.25, 0.3) is 0 Å². The number of hydrogen-bond acceptors (Lipinski definition) is 3. The number of nitrogens with zero attached hydrogens (tertiary/aromatic N) is 2. The maximum atomic E-state index is 11.8. The predicted molar refractivity (Wildman–Crippen MR) is 71.6 cm³/mol. The van der Waals surface area contributed by atoms with Crippen LogP contribution in [0.5, 0.6) is 0 Å². The molecule has 1 atom stereocenters. The third-order valence-electron chi connectivity index (χ3n) is 2.57. The maximum absolute atomic E-state index is 11.8. The van der Waals surface area contributed by atoms with Gasteiger partial charge in [0.1, 0.15) is 5.82 Å². The van der Waals surface area contributed by atoms with Gasteiger partial charge >= 0.3 is 0 Å². The lowest BCUT2D eigenvalue weighted by molar-refractivity contribution is -0.123. The number of carbonyl (C=O) groups is 2. The van der Waals surface area contributed by atoms with Gasteiger partial charge in [-0.15, -0.1) is 0 Å². The normalized spacial score (nSPS) is 19.8. The molecule has 2 rings (SSSR count). The van der Waals surface area contributed by atoms with Crippen LogP contribution in [-0.4, -0.2) is 23.3 Å². The molecule has 1 aliphatic heterocycles. The van der Waals surface area contributed by atoms with Gasteiger partial charge in [-0.2, -0.15) is 0 Å². The van der Waals surface area contributed by atoms with Crippen molar-refractivity contribution in [3.05, 3.63) is 20.9 Å². The van der Waals surface area contributed by atoms with Gasteiger partial charge in [0, 0.05) is 19.2 Å². The molecule has 0 aromatic carbocycles. The summed E-state index contributed by atoms with van der Waals surface area (Å²) in [4.78, 5) is 28.4. The van der Waals surface area contributed by atoms with Gasteiger partial charge in [-0.25, -0.2) is 4.98 Å². The summed E-state index contributed by atoms with van der Waals surface area (Å²) in [6, 6.07) is 1.72. The monoisotopic (exact) mass is 365 g/mol. The second-order valence-corrected chi connectivity index (χ2v) is 5.37. The molecule has 5 nitrogen and oxygen atoms in total. The minimum absolute atomic E-state index is 0.137. The fourth-order valence-electron chi connectivity index (χ4n) is 1.71. The fraction of sp³-hybridized carbons (Fsp3) is 0.300. The van der Waals surface area contributed by atoms with E-state index in [-0.39, 0.29) is 12.3 Å². The van der Waals surface area contributed by atoms with E-state index in [1.807, 2.05) is 0 Å². The van der Waals surface area contributed by atoms with Crippen LogP contribution < -0.4 is 10.6 Å². The van der Waals surface area contributed by atoms with E-state index in [0.717, 1.165) is 3.57 Å². The largest absolute Gasteiger partial charge is 0.369 e. The van der Waals surface area contributed by atoms with E-state index in [1.54, 1.807) is 6.07 Å². The maximum Gasteiger partial charge on any atom is 0.229 e. The number of carbonyl (C=O) groups excluding carboxylic acids is 2. The summed E-state index contributed by atoms with van der Waals surface area (Å²) in [5.41, 5.74) is 5.20. The number of pyridine rings is 1. The zero-order chi connectivity index (χ0) is 12.6. The highest BCUT2D eigenvalue weighted by Gasteiger charge is 2.35. The smallest absolute Gasteiger partial charge is 0.229 e. The number of halogens is 2. The molecule has 0 saturated carbocycles. The highest BCUT2D eigenvalue weighted by atomic mass is 127. The van der Waals surface area contributed by atoms with Gasteiger partial charge in [-0.1, -0.05) is 11.6 Å². The predicted octanol–water partition coefficient (Wildman–Crippen LogP) is 1.18. The van der Waals surface area contributed by atoms with Gasteiger partial charge in [0.2, 0.25) is 11.8 Å². The molecule has 1 aromatic heterocycles. The molecule has 2 N–H and O–H groups in total. The van der Waals surface area contributed by atoms with Crippen LogP contribution in [0.4, 0.5) is 5.82 Å². The summed E-state index contributed by atoms with van der Waals surface area (Å²) < 4.78 is 0.772. The van der Waals surface area contributed by atoms with Gasteiger partial charge in [-0.3, -0.25) is 14.5 Å². The second-order valence-electron chi connectivity index (χ2n) is 3.77. The zero-order valence-electron chi connectivity index (χ0n) is 8.69. The van der Waals surface area contributed by atoms with Gasteiger partial charge in [0.05, 0.1) is 14.5 Å². The molecule has 1 aliphatic rings. The summed E-state index contributed by atoms with van der Waals surface area (Å²) in [5, 5.41) is 0.510. The van der Waals surface area contributed by atoms with Crippen molar-refractivity contribution >= 4 is 51.8 Å². The lowest BCUT2D eigenvalue weighted by atomic mass is 10.1. The molecule has 0 aliphatic carbocycles. The third kappa shape index (κ3) is 2.52. The Hall–Kier alpha value is -0.890. The van der Waals surface area contributed by atoms with Gasteiger partial charge in [-0.05, 0) is 28.7 Å². The Morgan fingerprint density at radius 1 is 1.65 bits per heavy atom. The summed E-state index contributed by atoms with van der Waals surface area (Å²) in [5.74, 6) is -0.495. The standard InChI is InChI=1S/C10H9ClIN3O2/c11-6-2-7(12)10(14-3-6)15-4-5(9(13)17)1-8(15)16/h2-3,5H,1,4H2,(H2,13,17). The van der Waals surface area contributed by atoms with Crippen molar-refractivity contribution in [1.82, 2.24) is 4.98 Å². The summed E-state index contributed by atoms with van der Waals surface area (Å²) in [7, 11) is 0. The lowest BCUT2D eigenvalue weighted by Gasteiger charge is -2.16. The Morgan fingerprint density at radius 3 is 2.88 bits per heavy atom. The van der Waals surface area contributed by atoms with E-state index in [1.165, 1.54) is 11.1 Å². The van der Waals surface area contributed by atoms with Gasteiger partial charge in [0.15, 0.2) is 0 Å². The Kier molecular flexibility index (Phi) is 3.53. The fourth-order valence-corrected chi connectivity index (χ4v) is 2.82. The highest BCUT2D eigenvalue weighted by Crippen LogP contribution is 2.28. The van der Waals surface area contributed by atoms with Crippen molar-refractivity contribution in [1.29, 1.82) is 0 Å². The van der Waals surface area contributed by atoms with Crippen molar-refractivity contribution in [2.75, 3.05) is 11.4 Å². The molecule has 7 heteroatoms. The Labute approximate surface area is 116 Å². The first-order valence-electron chi connectivity index (χ1n) is 4.89. The molecule has 2 heterocycles.